The Morgan fingerprint density at radius 3 is 2.48 bits per heavy atom. The fourth-order valence-corrected chi connectivity index (χ4v) is 2.31. The van der Waals surface area contributed by atoms with Crippen LogP contribution in [0.2, 0.25) is 0 Å². The first-order chi connectivity index (χ1) is 10.1. The Kier molecular flexibility index (Phi) is 5.28. The molecule has 0 aromatic heterocycles. The van der Waals surface area contributed by atoms with E-state index in [-0.39, 0.29) is 5.56 Å². The van der Waals surface area contributed by atoms with E-state index in [9.17, 15) is 13.9 Å². The van der Waals surface area contributed by atoms with Crippen LogP contribution in [-0.2, 0) is 0 Å². The van der Waals surface area contributed by atoms with Crippen LogP contribution in [0.4, 0.5) is 14.5 Å². The number of anilines is 1. The maximum Gasteiger partial charge on any atom is 0.129 e. The highest BCUT2D eigenvalue weighted by Gasteiger charge is 2.15. The first-order valence-electron chi connectivity index (χ1n) is 7.04. The van der Waals surface area contributed by atoms with Gasteiger partial charge in [0.15, 0.2) is 0 Å². The molecule has 0 fully saturated rings. The maximum absolute atomic E-state index is 13.6. The third-order valence-electron chi connectivity index (χ3n) is 3.49. The van der Waals surface area contributed by atoms with E-state index < -0.39 is 17.7 Å². The van der Waals surface area contributed by atoms with Gasteiger partial charge in [0.2, 0.25) is 0 Å². The Labute approximate surface area is 123 Å². The summed E-state index contributed by atoms with van der Waals surface area (Å²) in [6.07, 6.45) is -0.679. The minimum Gasteiger partial charge on any atom is -0.388 e. The Morgan fingerprint density at radius 1 is 1.10 bits per heavy atom. The number of benzene rings is 2. The van der Waals surface area contributed by atoms with Crippen LogP contribution in [0.1, 0.15) is 25.0 Å². The number of hydrogen-bond donors (Lipinski definition) is 1. The molecule has 2 aromatic carbocycles. The molecule has 0 heterocycles. The molecule has 2 nitrogen and oxygen atoms in total. The monoisotopic (exact) mass is 291 g/mol. The van der Waals surface area contributed by atoms with Crippen LogP contribution in [0.5, 0.6) is 0 Å². The molecule has 1 N–H and O–H groups in total. The van der Waals surface area contributed by atoms with Crippen LogP contribution in [0.3, 0.4) is 0 Å². The van der Waals surface area contributed by atoms with E-state index in [0.717, 1.165) is 30.4 Å². The highest BCUT2D eigenvalue weighted by Crippen LogP contribution is 2.23. The third-order valence-corrected chi connectivity index (χ3v) is 3.49. The van der Waals surface area contributed by atoms with Crippen molar-refractivity contribution < 1.29 is 13.9 Å². The third kappa shape index (κ3) is 4.02. The summed E-state index contributed by atoms with van der Waals surface area (Å²) in [5.41, 5.74) is 1.06. The molecule has 4 heteroatoms. The topological polar surface area (TPSA) is 23.5 Å². The highest BCUT2D eigenvalue weighted by atomic mass is 19.1. The summed E-state index contributed by atoms with van der Waals surface area (Å²) in [5.74, 6) is -1.12. The predicted octanol–water partition coefficient (Wildman–Crippen LogP) is 3.91. The second kappa shape index (κ2) is 7.18. The van der Waals surface area contributed by atoms with E-state index in [1.54, 1.807) is 0 Å². The van der Waals surface area contributed by atoms with Crippen molar-refractivity contribution in [1.29, 1.82) is 0 Å². The summed E-state index contributed by atoms with van der Waals surface area (Å²) < 4.78 is 26.8. The number of aliphatic hydroxyl groups is 1. The molecule has 21 heavy (non-hydrogen) atoms. The highest BCUT2D eigenvalue weighted by molar-refractivity contribution is 5.45. The van der Waals surface area contributed by atoms with Crippen molar-refractivity contribution in [2.75, 3.05) is 18.0 Å². The zero-order chi connectivity index (χ0) is 15.2. The largest absolute Gasteiger partial charge is 0.388 e. The van der Waals surface area contributed by atoms with Gasteiger partial charge in [0.25, 0.3) is 0 Å². The van der Waals surface area contributed by atoms with E-state index in [0.29, 0.717) is 13.0 Å². The summed E-state index contributed by atoms with van der Waals surface area (Å²) >= 11 is 0. The summed E-state index contributed by atoms with van der Waals surface area (Å²) in [5, 5.41) is 10.1. The van der Waals surface area contributed by atoms with E-state index in [2.05, 4.69) is 4.90 Å². The van der Waals surface area contributed by atoms with Crippen molar-refractivity contribution in [2.24, 2.45) is 0 Å². The Balaban J connectivity index is 2.02. The summed E-state index contributed by atoms with van der Waals surface area (Å²) in [4.78, 5) is 2.08. The molecule has 1 unspecified atom stereocenters. The van der Waals surface area contributed by atoms with Gasteiger partial charge in [0.05, 0.1) is 6.10 Å². The maximum atomic E-state index is 13.6. The van der Waals surface area contributed by atoms with Gasteiger partial charge in [0.1, 0.15) is 11.6 Å². The van der Waals surface area contributed by atoms with E-state index >= 15 is 0 Å². The lowest BCUT2D eigenvalue weighted by molar-refractivity contribution is 0.164. The normalized spacial score (nSPS) is 12.2. The molecule has 0 saturated carbocycles. The van der Waals surface area contributed by atoms with Gasteiger partial charge in [0, 0.05) is 24.3 Å². The van der Waals surface area contributed by atoms with Crippen LogP contribution in [-0.4, -0.2) is 18.2 Å². The summed E-state index contributed by atoms with van der Waals surface area (Å²) in [6, 6.07) is 12.9. The van der Waals surface area contributed by atoms with Gasteiger partial charge in [-0.2, -0.15) is 0 Å². The van der Waals surface area contributed by atoms with Gasteiger partial charge in [-0.15, -0.1) is 0 Å². The SMILES string of the molecule is CCN(CCC(O)c1cc(F)ccc1F)c1ccccc1. The number of nitrogens with zero attached hydrogens (tertiary/aromatic N) is 1. The Bertz CT molecular complexity index is 574. The lowest BCUT2D eigenvalue weighted by Crippen LogP contribution is -2.25. The van der Waals surface area contributed by atoms with Crippen molar-refractivity contribution in [3.63, 3.8) is 0 Å². The smallest absolute Gasteiger partial charge is 0.129 e. The molecule has 0 aliphatic rings. The molecule has 2 rings (SSSR count). The van der Waals surface area contributed by atoms with Crippen molar-refractivity contribution in [2.45, 2.75) is 19.4 Å². The Hall–Kier alpha value is -1.94. The van der Waals surface area contributed by atoms with Crippen molar-refractivity contribution in [3.8, 4) is 0 Å². The molecule has 0 radical (unpaired) electrons. The molecule has 0 aliphatic heterocycles. The minimum absolute atomic E-state index is 0.0131. The number of halogens is 2. The quantitative estimate of drug-likeness (QED) is 0.872. The van der Waals surface area contributed by atoms with Crippen molar-refractivity contribution >= 4 is 5.69 Å². The Morgan fingerprint density at radius 2 is 1.81 bits per heavy atom. The number of hydrogen-bond acceptors (Lipinski definition) is 2. The second-order valence-electron chi connectivity index (χ2n) is 4.89. The lowest BCUT2D eigenvalue weighted by Gasteiger charge is -2.24. The molecule has 0 amide bonds. The fraction of sp³-hybridized carbons (Fsp3) is 0.294. The van der Waals surface area contributed by atoms with Crippen molar-refractivity contribution in [1.82, 2.24) is 0 Å². The standard InChI is InChI=1S/C17H19F2NO/c1-2-20(14-6-4-3-5-7-14)11-10-17(21)15-12-13(18)8-9-16(15)19/h3-9,12,17,21H,2,10-11H2,1H3. The predicted molar refractivity (Wildman–Crippen MR) is 80.3 cm³/mol. The molecular formula is C17H19F2NO. The van der Waals surface area contributed by atoms with Gasteiger partial charge in [-0.3, -0.25) is 0 Å². The van der Waals surface area contributed by atoms with Gasteiger partial charge >= 0.3 is 0 Å². The fourth-order valence-electron chi connectivity index (χ4n) is 2.31. The van der Waals surface area contributed by atoms with Crippen LogP contribution < -0.4 is 4.90 Å². The van der Waals surface area contributed by atoms with Gasteiger partial charge in [-0.1, -0.05) is 18.2 Å². The van der Waals surface area contributed by atoms with Crippen LogP contribution in [0.25, 0.3) is 0 Å². The van der Waals surface area contributed by atoms with E-state index in [1.807, 2.05) is 37.3 Å². The molecular weight excluding hydrogens is 272 g/mol. The molecule has 0 aliphatic carbocycles. The van der Waals surface area contributed by atoms with Gasteiger partial charge in [-0.25, -0.2) is 8.78 Å². The van der Waals surface area contributed by atoms with E-state index in [1.165, 1.54) is 0 Å². The zero-order valence-electron chi connectivity index (χ0n) is 12.0. The average Bonchev–Trinajstić information content (AvgIpc) is 2.51. The first kappa shape index (κ1) is 15.4. The minimum atomic E-state index is -1.02. The number of rotatable bonds is 6. The molecule has 112 valence electrons. The lowest BCUT2D eigenvalue weighted by atomic mass is 10.1. The van der Waals surface area contributed by atoms with Crippen LogP contribution in [0, 0.1) is 11.6 Å². The molecule has 0 saturated heterocycles. The summed E-state index contributed by atoms with van der Waals surface area (Å²) in [7, 11) is 0. The first-order valence-corrected chi connectivity index (χ1v) is 7.04. The van der Waals surface area contributed by atoms with Crippen LogP contribution in [0.15, 0.2) is 48.5 Å². The summed E-state index contributed by atoms with van der Waals surface area (Å²) in [6.45, 7) is 3.36. The van der Waals surface area contributed by atoms with E-state index in [4.69, 9.17) is 0 Å². The second-order valence-corrected chi connectivity index (χ2v) is 4.89. The number of para-hydroxylation sites is 1. The van der Waals surface area contributed by atoms with Gasteiger partial charge < -0.3 is 10.0 Å². The molecule has 2 aromatic rings. The molecule has 0 bridgehead atoms. The zero-order valence-corrected chi connectivity index (χ0v) is 12.0. The van der Waals surface area contributed by atoms with Crippen LogP contribution >= 0.6 is 0 Å². The average molecular weight is 291 g/mol. The van der Waals surface area contributed by atoms with Crippen molar-refractivity contribution in [3.05, 3.63) is 65.7 Å². The molecule has 1 atom stereocenters. The number of aliphatic hydroxyl groups excluding tert-OH is 1. The molecule has 0 spiro atoms. The van der Waals surface area contributed by atoms with Gasteiger partial charge in [-0.05, 0) is 43.7 Å².